The molecular formula is C15H28N2O4. The van der Waals surface area contributed by atoms with Crippen molar-refractivity contribution in [3.63, 3.8) is 0 Å². The van der Waals surface area contributed by atoms with Gasteiger partial charge in [-0.25, -0.2) is 4.79 Å². The lowest BCUT2D eigenvalue weighted by atomic mass is 9.90. The van der Waals surface area contributed by atoms with Gasteiger partial charge in [0.1, 0.15) is 0 Å². The molecule has 0 radical (unpaired) electrons. The van der Waals surface area contributed by atoms with Crippen molar-refractivity contribution in [1.29, 1.82) is 0 Å². The topological polar surface area (TPSA) is 67.9 Å². The average Bonchev–Trinajstić information content (AvgIpc) is 2.39. The molecular weight excluding hydrogens is 272 g/mol. The number of nitrogens with one attached hydrogen (secondary N) is 1. The highest BCUT2D eigenvalue weighted by atomic mass is 16.5. The molecule has 6 heteroatoms. The van der Waals surface area contributed by atoms with Gasteiger partial charge in [-0.3, -0.25) is 9.69 Å². The molecule has 1 fully saturated rings. The molecule has 1 saturated heterocycles. The van der Waals surface area contributed by atoms with Gasteiger partial charge in [-0.2, -0.15) is 0 Å². The Morgan fingerprint density at radius 2 is 1.86 bits per heavy atom. The molecule has 1 N–H and O–H groups in total. The van der Waals surface area contributed by atoms with Crippen molar-refractivity contribution in [2.75, 3.05) is 32.8 Å². The third kappa shape index (κ3) is 6.80. The fourth-order valence-electron chi connectivity index (χ4n) is 2.88. The number of carbonyl (C=O) groups is 2. The minimum atomic E-state index is -0.379. The fourth-order valence-corrected chi connectivity index (χ4v) is 2.88. The molecule has 1 aliphatic rings. The van der Waals surface area contributed by atoms with Crippen LogP contribution in [0, 0.1) is 5.92 Å². The van der Waals surface area contributed by atoms with Crippen LogP contribution in [0.3, 0.4) is 0 Å². The summed E-state index contributed by atoms with van der Waals surface area (Å²) < 4.78 is 9.94. The minimum Gasteiger partial charge on any atom is -0.465 e. The lowest BCUT2D eigenvalue weighted by Gasteiger charge is -2.37. The molecule has 0 aromatic rings. The van der Waals surface area contributed by atoms with Crippen LogP contribution >= 0.6 is 0 Å². The summed E-state index contributed by atoms with van der Waals surface area (Å²) in [4.78, 5) is 25.3. The third-order valence-electron chi connectivity index (χ3n) is 3.57. The molecule has 0 aliphatic carbocycles. The van der Waals surface area contributed by atoms with Crippen LogP contribution in [0.1, 0.15) is 40.0 Å². The summed E-state index contributed by atoms with van der Waals surface area (Å²) in [5.41, 5.74) is 0. The Bertz CT molecular complexity index is 308. The minimum absolute atomic E-state index is 0.0313. The molecule has 0 bridgehead atoms. The standard InChI is InChI=1S/C15H28N2O4/c1-4-7-12-8-13(16-15(19)21-6-3)10-17(9-12)11-14(18)20-5-2/h12-13H,4-11H2,1-3H3,(H,16,19). The maximum atomic E-state index is 11.6. The molecule has 6 nitrogen and oxygen atoms in total. The highest BCUT2D eigenvalue weighted by molar-refractivity contribution is 5.71. The van der Waals surface area contributed by atoms with Gasteiger partial charge in [0.05, 0.1) is 19.8 Å². The first kappa shape index (κ1) is 17.8. The summed E-state index contributed by atoms with van der Waals surface area (Å²) in [7, 11) is 0. The van der Waals surface area contributed by atoms with E-state index in [0.29, 0.717) is 25.7 Å². The lowest BCUT2D eigenvalue weighted by molar-refractivity contribution is -0.145. The Morgan fingerprint density at radius 1 is 1.14 bits per heavy atom. The van der Waals surface area contributed by atoms with Gasteiger partial charge >= 0.3 is 12.1 Å². The summed E-state index contributed by atoms with van der Waals surface area (Å²) in [6.45, 7) is 8.34. The van der Waals surface area contributed by atoms with Crippen LogP contribution < -0.4 is 5.32 Å². The second kappa shape index (κ2) is 9.60. The van der Waals surface area contributed by atoms with Crippen LogP contribution in [0.4, 0.5) is 4.79 Å². The second-order valence-electron chi connectivity index (χ2n) is 5.45. The molecule has 122 valence electrons. The number of likely N-dealkylation sites (tertiary alicyclic amines) is 1. The number of rotatable bonds is 7. The zero-order chi connectivity index (χ0) is 15.7. The molecule has 21 heavy (non-hydrogen) atoms. The van der Waals surface area contributed by atoms with Crippen LogP contribution in [-0.2, 0) is 14.3 Å². The van der Waals surface area contributed by atoms with E-state index in [2.05, 4.69) is 17.1 Å². The van der Waals surface area contributed by atoms with Crippen LogP contribution in [0.25, 0.3) is 0 Å². The molecule has 0 aromatic carbocycles. The number of esters is 1. The van der Waals surface area contributed by atoms with Crippen molar-refractivity contribution in [3.05, 3.63) is 0 Å². The summed E-state index contributed by atoms with van der Waals surface area (Å²) in [5, 5.41) is 2.89. The van der Waals surface area contributed by atoms with Crippen molar-refractivity contribution < 1.29 is 19.1 Å². The molecule has 1 heterocycles. The number of hydrogen-bond acceptors (Lipinski definition) is 5. The van der Waals surface area contributed by atoms with E-state index in [0.717, 1.165) is 25.8 Å². The van der Waals surface area contributed by atoms with E-state index < -0.39 is 0 Å². The van der Waals surface area contributed by atoms with E-state index in [1.807, 2.05) is 0 Å². The molecule has 2 atom stereocenters. The largest absolute Gasteiger partial charge is 0.465 e. The van der Waals surface area contributed by atoms with Crippen LogP contribution in [-0.4, -0.2) is 55.9 Å². The Labute approximate surface area is 127 Å². The van der Waals surface area contributed by atoms with E-state index in [9.17, 15) is 9.59 Å². The van der Waals surface area contributed by atoms with Gasteiger partial charge in [-0.05, 0) is 32.6 Å². The number of piperidine rings is 1. The average molecular weight is 300 g/mol. The van der Waals surface area contributed by atoms with E-state index in [4.69, 9.17) is 9.47 Å². The predicted octanol–water partition coefficient (Wildman–Crippen LogP) is 1.79. The smallest absolute Gasteiger partial charge is 0.407 e. The summed E-state index contributed by atoms with van der Waals surface area (Å²) >= 11 is 0. The highest BCUT2D eigenvalue weighted by Gasteiger charge is 2.29. The first-order valence-electron chi connectivity index (χ1n) is 7.90. The van der Waals surface area contributed by atoms with Gasteiger partial charge in [0.25, 0.3) is 0 Å². The van der Waals surface area contributed by atoms with Gasteiger partial charge in [0.15, 0.2) is 0 Å². The van der Waals surface area contributed by atoms with E-state index >= 15 is 0 Å². The predicted molar refractivity (Wildman–Crippen MR) is 80.0 cm³/mol. The van der Waals surface area contributed by atoms with Gasteiger partial charge in [0.2, 0.25) is 0 Å². The molecule has 1 rings (SSSR count). The maximum absolute atomic E-state index is 11.6. The lowest BCUT2D eigenvalue weighted by Crippen LogP contribution is -2.52. The Kier molecular flexibility index (Phi) is 8.12. The molecule has 0 aromatic heterocycles. The third-order valence-corrected chi connectivity index (χ3v) is 3.57. The van der Waals surface area contributed by atoms with E-state index in [1.165, 1.54) is 0 Å². The summed E-state index contributed by atoms with van der Waals surface area (Å²) in [6, 6.07) is 0.0313. The number of nitrogens with zero attached hydrogens (tertiary/aromatic N) is 1. The van der Waals surface area contributed by atoms with E-state index in [1.54, 1.807) is 13.8 Å². The molecule has 1 aliphatic heterocycles. The SMILES string of the molecule is CCCC1CC(NC(=O)OCC)CN(CC(=O)OCC)C1. The monoisotopic (exact) mass is 300 g/mol. The fraction of sp³-hybridized carbons (Fsp3) is 0.867. The first-order chi connectivity index (χ1) is 10.1. The number of alkyl carbamates (subject to hydrolysis) is 1. The zero-order valence-electron chi connectivity index (χ0n) is 13.4. The zero-order valence-corrected chi connectivity index (χ0v) is 13.4. The summed E-state index contributed by atoms with van der Waals surface area (Å²) in [6.07, 6.45) is 2.76. The van der Waals surface area contributed by atoms with Crippen molar-refractivity contribution in [3.8, 4) is 0 Å². The van der Waals surface area contributed by atoms with Crippen molar-refractivity contribution in [2.45, 2.75) is 46.1 Å². The van der Waals surface area contributed by atoms with Crippen LogP contribution in [0.15, 0.2) is 0 Å². The quantitative estimate of drug-likeness (QED) is 0.726. The van der Waals surface area contributed by atoms with Gasteiger partial charge in [-0.15, -0.1) is 0 Å². The molecule has 0 saturated carbocycles. The number of carbonyl (C=O) groups excluding carboxylic acids is 2. The number of ether oxygens (including phenoxy) is 2. The van der Waals surface area contributed by atoms with Crippen LogP contribution in [0.5, 0.6) is 0 Å². The maximum Gasteiger partial charge on any atom is 0.407 e. The normalized spacial score (nSPS) is 22.6. The van der Waals surface area contributed by atoms with E-state index in [-0.39, 0.29) is 24.6 Å². The molecule has 2 unspecified atom stereocenters. The first-order valence-corrected chi connectivity index (χ1v) is 7.90. The molecule has 1 amide bonds. The summed E-state index contributed by atoms with van der Waals surface area (Å²) in [5.74, 6) is 0.287. The van der Waals surface area contributed by atoms with Gasteiger partial charge < -0.3 is 14.8 Å². The van der Waals surface area contributed by atoms with Gasteiger partial charge in [-0.1, -0.05) is 13.3 Å². The van der Waals surface area contributed by atoms with Gasteiger partial charge in [0, 0.05) is 19.1 Å². The van der Waals surface area contributed by atoms with Crippen molar-refractivity contribution in [1.82, 2.24) is 10.2 Å². The van der Waals surface area contributed by atoms with Crippen molar-refractivity contribution >= 4 is 12.1 Å². The Balaban J connectivity index is 2.54. The number of hydrogen-bond donors (Lipinski definition) is 1. The second-order valence-corrected chi connectivity index (χ2v) is 5.45. The Morgan fingerprint density at radius 3 is 2.48 bits per heavy atom. The molecule has 0 spiro atoms. The van der Waals surface area contributed by atoms with Crippen molar-refractivity contribution in [2.24, 2.45) is 5.92 Å². The highest BCUT2D eigenvalue weighted by Crippen LogP contribution is 2.21. The Hall–Kier alpha value is -1.30. The van der Waals surface area contributed by atoms with Crippen LogP contribution in [0.2, 0.25) is 0 Å². The number of amides is 1.